The van der Waals surface area contributed by atoms with Crippen LogP contribution in [0.1, 0.15) is 39.3 Å². The van der Waals surface area contributed by atoms with E-state index in [9.17, 15) is 0 Å². The zero-order chi connectivity index (χ0) is 13.0. The molecule has 3 heteroatoms. The first-order chi connectivity index (χ1) is 8.65. The van der Waals surface area contributed by atoms with Crippen LogP contribution in [0.5, 0.6) is 0 Å². The second-order valence-electron chi connectivity index (χ2n) is 5.72. The van der Waals surface area contributed by atoms with Crippen LogP contribution in [0.15, 0.2) is 18.2 Å². The average molecular weight is 247 g/mol. The molecule has 0 bridgehead atoms. The Labute approximate surface area is 111 Å². The number of piperidine rings is 1. The summed E-state index contributed by atoms with van der Waals surface area (Å²) in [4.78, 5) is 7.19. The van der Waals surface area contributed by atoms with Crippen molar-refractivity contribution >= 4 is 5.82 Å². The van der Waals surface area contributed by atoms with Crippen LogP contribution in [0.2, 0.25) is 0 Å². The van der Waals surface area contributed by atoms with E-state index in [1.807, 2.05) is 0 Å². The lowest BCUT2D eigenvalue weighted by atomic mass is 10.0. The van der Waals surface area contributed by atoms with Gasteiger partial charge in [0.05, 0.1) is 5.69 Å². The highest BCUT2D eigenvalue weighted by Crippen LogP contribution is 2.21. The number of hydrogen-bond donors (Lipinski definition) is 1. The van der Waals surface area contributed by atoms with Crippen LogP contribution in [0, 0.1) is 5.92 Å². The third kappa shape index (κ3) is 3.70. The van der Waals surface area contributed by atoms with Crippen molar-refractivity contribution in [2.75, 3.05) is 18.0 Å². The molecule has 0 aromatic carbocycles. The highest BCUT2D eigenvalue weighted by molar-refractivity contribution is 5.39. The fraction of sp³-hybridized carbons (Fsp3) is 0.667. The summed E-state index contributed by atoms with van der Waals surface area (Å²) in [5.41, 5.74) is 1.14. The van der Waals surface area contributed by atoms with Gasteiger partial charge in [-0.1, -0.05) is 26.8 Å². The van der Waals surface area contributed by atoms with Crippen molar-refractivity contribution in [1.29, 1.82) is 0 Å². The van der Waals surface area contributed by atoms with E-state index in [1.165, 1.54) is 12.8 Å². The second-order valence-corrected chi connectivity index (χ2v) is 5.72. The van der Waals surface area contributed by atoms with Gasteiger partial charge in [-0.15, -0.1) is 0 Å². The molecule has 1 aliphatic rings. The summed E-state index contributed by atoms with van der Waals surface area (Å²) >= 11 is 0. The van der Waals surface area contributed by atoms with Gasteiger partial charge in [0, 0.05) is 25.7 Å². The minimum Gasteiger partial charge on any atom is -0.356 e. The molecule has 1 fully saturated rings. The van der Waals surface area contributed by atoms with E-state index in [2.05, 4.69) is 49.2 Å². The van der Waals surface area contributed by atoms with Gasteiger partial charge in [-0.2, -0.15) is 0 Å². The van der Waals surface area contributed by atoms with Gasteiger partial charge in [-0.05, 0) is 30.9 Å². The van der Waals surface area contributed by atoms with Crippen LogP contribution in [0.4, 0.5) is 5.82 Å². The minimum atomic E-state index is 0.505. The lowest BCUT2D eigenvalue weighted by Gasteiger charge is -2.32. The molecule has 1 aromatic rings. The van der Waals surface area contributed by atoms with Gasteiger partial charge < -0.3 is 10.2 Å². The van der Waals surface area contributed by atoms with Gasteiger partial charge in [0.2, 0.25) is 0 Å². The fourth-order valence-electron chi connectivity index (χ4n) is 2.45. The number of aromatic nitrogens is 1. The molecule has 0 spiro atoms. The molecule has 1 aliphatic heterocycles. The molecule has 2 heterocycles. The second kappa shape index (κ2) is 6.19. The van der Waals surface area contributed by atoms with Crippen molar-refractivity contribution in [2.45, 2.75) is 46.2 Å². The molecular weight excluding hydrogens is 222 g/mol. The smallest absolute Gasteiger partial charge is 0.128 e. The predicted molar refractivity (Wildman–Crippen MR) is 76.8 cm³/mol. The number of hydrogen-bond acceptors (Lipinski definition) is 3. The molecule has 1 N–H and O–H groups in total. The van der Waals surface area contributed by atoms with Crippen LogP contribution in [-0.4, -0.2) is 24.1 Å². The summed E-state index contributed by atoms with van der Waals surface area (Å²) in [6.45, 7) is 9.81. The summed E-state index contributed by atoms with van der Waals surface area (Å²) in [7, 11) is 0. The van der Waals surface area contributed by atoms with Gasteiger partial charge >= 0.3 is 0 Å². The van der Waals surface area contributed by atoms with Crippen molar-refractivity contribution in [3.8, 4) is 0 Å². The van der Waals surface area contributed by atoms with Crippen molar-refractivity contribution in [3.05, 3.63) is 23.9 Å². The highest BCUT2D eigenvalue weighted by atomic mass is 15.2. The Kier molecular flexibility index (Phi) is 4.59. The Morgan fingerprint density at radius 3 is 3.00 bits per heavy atom. The molecule has 0 amide bonds. The van der Waals surface area contributed by atoms with Crippen LogP contribution >= 0.6 is 0 Å². The Hall–Kier alpha value is -1.09. The van der Waals surface area contributed by atoms with Crippen LogP contribution in [0.25, 0.3) is 0 Å². The van der Waals surface area contributed by atoms with E-state index >= 15 is 0 Å². The van der Waals surface area contributed by atoms with E-state index in [4.69, 9.17) is 4.98 Å². The van der Waals surface area contributed by atoms with Crippen LogP contribution < -0.4 is 10.2 Å². The quantitative estimate of drug-likeness (QED) is 0.887. The number of pyridine rings is 1. The molecule has 0 aliphatic carbocycles. The first-order valence-electron chi connectivity index (χ1n) is 7.09. The van der Waals surface area contributed by atoms with E-state index in [-0.39, 0.29) is 0 Å². The van der Waals surface area contributed by atoms with Gasteiger partial charge in [0.15, 0.2) is 0 Å². The topological polar surface area (TPSA) is 28.2 Å². The van der Waals surface area contributed by atoms with Gasteiger partial charge in [0.25, 0.3) is 0 Å². The molecular formula is C15H25N3. The number of nitrogens with zero attached hydrogens (tertiary/aromatic N) is 2. The van der Waals surface area contributed by atoms with Crippen molar-refractivity contribution in [1.82, 2.24) is 10.3 Å². The molecule has 18 heavy (non-hydrogen) atoms. The average Bonchev–Trinajstić information content (AvgIpc) is 2.37. The molecule has 2 rings (SSSR count). The molecule has 0 saturated carbocycles. The lowest BCUT2D eigenvalue weighted by Crippen LogP contribution is -2.35. The molecule has 1 aromatic heterocycles. The normalized spacial score (nSPS) is 20.4. The molecule has 1 atom stereocenters. The highest BCUT2D eigenvalue weighted by Gasteiger charge is 2.17. The maximum Gasteiger partial charge on any atom is 0.128 e. The van der Waals surface area contributed by atoms with Gasteiger partial charge in [-0.3, -0.25) is 0 Å². The molecule has 3 nitrogen and oxygen atoms in total. The van der Waals surface area contributed by atoms with E-state index < -0.39 is 0 Å². The van der Waals surface area contributed by atoms with Gasteiger partial charge in [0.1, 0.15) is 5.82 Å². The van der Waals surface area contributed by atoms with E-state index in [0.717, 1.165) is 37.1 Å². The molecule has 0 radical (unpaired) electrons. The third-order valence-corrected chi connectivity index (χ3v) is 3.46. The largest absolute Gasteiger partial charge is 0.356 e. The molecule has 1 saturated heterocycles. The lowest BCUT2D eigenvalue weighted by molar-refractivity contribution is 0.444. The maximum atomic E-state index is 4.77. The van der Waals surface area contributed by atoms with Crippen molar-refractivity contribution in [2.24, 2.45) is 5.92 Å². The van der Waals surface area contributed by atoms with Crippen molar-refractivity contribution in [3.63, 3.8) is 0 Å². The number of nitrogens with one attached hydrogen (secondary N) is 1. The Morgan fingerprint density at radius 1 is 1.44 bits per heavy atom. The third-order valence-electron chi connectivity index (χ3n) is 3.46. The number of rotatable bonds is 4. The van der Waals surface area contributed by atoms with E-state index in [1.54, 1.807) is 0 Å². The molecule has 1 unspecified atom stereocenters. The summed E-state index contributed by atoms with van der Waals surface area (Å²) in [6, 6.07) is 6.87. The van der Waals surface area contributed by atoms with Gasteiger partial charge in [-0.25, -0.2) is 4.98 Å². The fourth-order valence-corrected chi connectivity index (χ4v) is 2.45. The Balaban J connectivity index is 2.02. The number of anilines is 1. The van der Waals surface area contributed by atoms with Crippen LogP contribution in [-0.2, 0) is 6.54 Å². The monoisotopic (exact) mass is 247 g/mol. The molecule has 100 valence electrons. The first-order valence-corrected chi connectivity index (χ1v) is 7.09. The van der Waals surface area contributed by atoms with E-state index in [0.29, 0.717) is 6.04 Å². The zero-order valence-electron chi connectivity index (χ0n) is 11.8. The standard InChI is InChI=1S/C15H25N3/c1-12(2)16-10-14-7-4-8-15(17-14)18-9-5-6-13(3)11-18/h4,7-8,12-13,16H,5-6,9-11H2,1-3H3. The van der Waals surface area contributed by atoms with Crippen LogP contribution in [0.3, 0.4) is 0 Å². The maximum absolute atomic E-state index is 4.77. The summed E-state index contributed by atoms with van der Waals surface area (Å²) < 4.78 is 0. The predicted octanol–water partition coefficient (Wildman–Crippen LogP) is 2.82. The Morgan fingerprint density at radius 2 is 2.28 bits per heavy atom. The van der Waals surface area contributed by atoms with Crippen molar-refractivity contribution < 1.29 is 0 Å². The minimum absolute atomic E-state index is 0.505. The summed E-state index contributed by atoms with van der Waals surface area (Å²) in [5.74, 6) is 1.93. The summed E-state index contributed by atoms with van der Waals surface area (Å²) in [6.07, 6.45) is 2.64. The Bertz CT molecular complexity index is 376. The summed E-state index contributed by atoms with van der Waals surface area (Å²) in [5, 5.41) is 3.42. The SMILES string of the molecule is CC1CCCN(c2cccc(CNC(C)C)n2)C1. The first kappa shape index (κ1) is 13.3. The zero-order valence-corrected chi connectivity index (χ0v) is 11.8.